The van der Waals surface area contributed by atoms with Crippen LogP contribution in [0.2, 0.25) is 0 Å². The molecule has 0 bridgehead atoms. The summed E-state index contributed by atoms with van der Waals surface area (Å²) >= 11 is 0. The highest BCUT2D eigenvalue weighted by Gasteiger charge is 2.13. The molecule has 0 heterocycles. The number of hydrogen-bond donors (Lipinski definition) is 2. The summed E-state index contributed by atoms with van der Waals surface area (Å²) < 4.78 is 47.1. The first-order valence-corrected chi connectivity index (χ1v) is 6.90. The van der Waals surface area contributed by atoms with Crippen molar-refractivity contribution < 1.29 is 22.6 Å². The first kappa shape index (κ1) is 17.4. The van der Waals surface area contributed by atoms with Crippen molar-refractivity contribution in [1.82, 2.24) is 0 Å². The summed E-state index contributed by atoms with van der Waals surface area (Å²) in [6, 6.07) is 2.09. The van der Waals surface area contributed by atoms with Crippen LogP contribution in [0.5, 0.6) is 5.75 Å². The maximum absolute atomic E-state index is 13.4. The summed E-state index contributed by atoms with van der Waals surface area (Å²) in [5, 5.41) is 2.95. The van der Waals surface area contributed by atoms with E-state index < -0.39 is 18.2 Å². The van der Waals surface area contributed by atoms with Gasteiger partial charge < -0.3 is 20.5 Å². The van der Waals surface area contributed by atoms with Gasteiger partial charge in [-0.2, -0.15) is 8.78 Å². The Morgan fingerprint density at radius 2 is 1.95 bits per heavy atom. The number of ether oxygens (including phenoxy) is 2. The van der Waals surface area contributed by atoms with Gasteiger partial charge in [-0.1, -0.05) is 13.3 Å². The Labute approximate surface area is 122 Å². The molecule has 7 heteroatoms. The molecule has 0 radical (unpaired) electrons. The van der Waals surface area contributed by atoms with Crippen LogP contribution < -0.4 is 15.8 Å². The molecule has 120 valence electrons. The highest BCUT2D eigenvalue weighted by molar-refractivity contribution is 5.68. The van der Waals surface area contributed by atoms with E-state index in [1.807, 2.05) is 0 Å². The lowest BCUT2D eigenvalue weighted by molar-refractivity contribution is -0.0521. The molecular formula is C14H21F3N2O2. The SMILES string of the molecule is CCCCOCCCNc1cc(OC(F)F)c(F)cc1N. The number of unbranched alkanes of at least 4 members (excludes halogenated alkanes) is 1. The number of rotatable bonds is 10. The highest BCUT2D eigenvalue weighted by atomic mass is 19.3. The molecule has 0 aliphatic rings. The molecule has 1 aromatic carbocycles. The van der Waals surface area contributed by atoms with E-state index in [0.717, 1.165) is 38.0 Å². The molecular weight excluding hydrogens is 285 g/mol. The fourth-order valence-electron chi connectivity index (χ4n) is 1.65. The Hall–Kier alpha value is -1.63. The second-order valence-corrected chi connectivity index (χ2v) is 4.49. The maximum atomic E-state index is 13.4. The van der Waals surface area contributed by atoms with Crippen LogP contribution in [0, 0.1) is 5.82 Å². The lowest BCUT2D eigenvalue weighted by atomic mass is 10.2. The molecule has 0 unspecified atom stereocenters. The number of anilines is 2. The van der Waals surface area contributed by atoms with Crippen LogP contribution in [-0.2, 0) is 4.74 Å². The van der Waals surface area contributed by atoms with Crippen molar-refractivity contribution >= 4 is 11.4 Å². The molecule has 0 atom stereocenters. The van der Waals surface area contributed by atoms with E-state index in [1.54, 1.807) is 0 Å². The second-order valence-electron chi connectivity index (χ2n) is 4.49. The molecule has 3 N–H and O–H groups in total. The van der Waals surface area contributed by atoms with E-state index in [9.17, 15) is 13.2 Å². The summed E-state index contributed by atoms with van der Waals surface area (Å²) in [4.78, 5) is 0. The van der Waals surface area contributed by atoms with Gasteiger partial charge in [-0.3, -0.25) is 0 Å². The topological polar surface area (TPSA) is 56.5 Å². The highest BCUT2D eigenvalue weighted by Crippen LogP contribution is 2.29. The normalized spacial score (nSPS) is 10.9. The van der Waals surface area contributed by atoms with E-state index in [4.69, 9.17) is 10.5 Å². The largest absolute Gasteiger partial charge is 0.432 e. The van der Waals surface area contributed by atoms with E-state index in [2.05, 4.69) is 17.0 Å². The average Bonchev–Trinajstić information content (AvgIpc) is 2.42. The third-order valence-corrected chi connectivity index (χ3v) is 2.74. The van der Waals surface area contributed by atoms with Crippen molar-refractivity contribution in [3.63, 3.8) is 0 Å². The van der Waals surface area contributed by atoms with Gasteiger partial charge in [0, 0.05) is 31.9 Å². The van der Waals surface area contributed by atoms with Crippen molar-refractivity contribution in [2.75, 3.05) is 30.8 Å². The van der Waals surface area contributed by atoms with Crippen molar-refractivity contribution in [2.24, 2.45) is 0 Å². The number of alkyl halides is 2. The third-order valence-electron chi connectivity index (χ3n) is 2.74. The minimum absolute atomic E-state index is 0.140. The van der Waals surface area contributed by atoms with Gasteiger partial charge in [0.15, 0.2) is 11.6 Å². The zero-order valence-corrected chi connectivity index (χ0v) is 12.0. The Morgan fingerprint density at radius 1 is 1.24 bits per heavy atom. The zero-order chi connectivity index (χ0) is 15.7. The van der Waals surface area contributed by atoms with Crippen LogP contribution in [0.1, 0.15) is 26.2 Å². The van der Waals surface area contributed by atoms with Crippen molar-refractivity contribution in [2.45, 2.75) is 32.8 Å². The quantitative estimate of drug-likeness (QED) is 0.512. The Bertz CT molecular complexity index is 431. The average molecular weight is 306 g/mol. The summed E-state index contributed by atoms with van der Waals surface area (Å²) in [5.41, 5.74) is 6.13. The van der Waals surface area contributed by atoms with Gasteiger partial charge in [-0.15, -0.1) is 0 Å². The number of benzene rings is 1. The number of hydrogen-bond acceptors (Lipinski definition) is 4. The van der Waals surface area contributed by atoms with E-state index in [1.165, 1.54) is 0 Å². The standard InChI is InChI=1S/C14H21F3N2O2/c1-2-3-6-20-7-4-5-19-12-9-13(21-14(16)17)10(15)8-11(12)18/h8-9,14,19H,2-7,18H2,1H3. The maximum Gasteiger partial charge on any atom is 0.387 e. The number of nitrogen functional groups attached to an aromatic ring is 1. The number of nitrogens with one attached hydrogen (secondary N) is 1. The Balaban J connectivity index is 2.43. The van der Waals surface area contributed by atoms with Gasteiger partial charge in [0.2, 0.25) is 0 Å². The fourth-order valence-corrected chi connectivity index (χ4v) is 1.65. The predicted molar refractivity (Wildman–Crippen MR) is 76.3 cm³/mol. The summed E-state index contributed by atoms with van der Waals surface area (Å²) in [5.74, 6) is -1.44. The minimum atomic E-state index is -3.08. The number of halogens is 3. The van der Waals surface area contributed by atoms with Gasteiger partial charge in [0.25, 0.3) is 0 Å². The lowest BCUT2D eigenvalue weighted by Gasteiger charge is -2.13. The van der Waals surface area contributed by atoms with Gasteiger partial charge in [-0.25, -0.2) is 4.39 Å². The zero-order valence-electron chi connectivity index (χ0n) is 12.0. The molecule has 0 aromatic heterocycles. The van der Waals surface area contributed by atoms with Crippen LogP contribution in [0.25, 0.3) is 0 Å². The summed E-state index contributed by atoms with van der Waals surface area (Å²) in [7, 11) is 0. The summed E-state index contributed by atoms with van der Waals surface area (Å²) in [6.07, 6.45) is 2.83. The van der Waals surface area contributed by atoms with E-state index in [-0.39, 0.29) is 5.69 Å². The molecule has 0 saturated heterocycles. The van der Waals surface area contributed by atoms with Gasteiger partial charge >= 0.3 is 6.61 Å². The van der Waals surface area contributed by atoms with Crippen molar-refractivity contribution in [3.8, 4) is 5.75 Å². The Morgan fingerprint density at radius 3 is 2.62 bits per heavy atom. The van der Waals surface area contributed by atoms with Gasteiger partial charge in [0.05, 0.1) is 11.4 Å². The van der Waals surface area contributed by atoms with Crippen LogP contribution in [-0.4, -0.2) is 26.4 Å². The fraction of sp³-hybridized carbons (Fsp3) is 0.571. The molecule has 0 saturated carbocycles. The monoisotopic (exact) mass is 306 g/mol. The van der Waals surface area contributed by atoms with Crippen LogP contribution in [0.3, 0.4) is 0 Å². The molecule has 0 aliphatic heterocycles. The molecule has 1 aromatic rings. The molecule has 21 heavy (non-hydrogen) atoms. The van der Waals surface area contributed by atoms with Gasteiger partial charge in [-0.05, 0) is 12.8 Å². The molecule has 4 nitrogen and oxygen atoms in total. The number of nitrogens with two attached hydrogens (primary N) is 1. The second kappa shape index (κ2) is 9.33. The van der Waals surface area contributed by atoms with Crippen molar-refractivity contribution in [1.29, 1.82) is 0 Å². The smallest absolute Gasteiger partial charge is 0.387 e. The van der Waals surface area contributed by atoms with Crippen LogP contribution >= 0.6 is 0 Å². The van der Waals surface area contributed by atoms with Crippen molar-refractivity contribution in [3.05, 3.63) is 17.9 Å². The van der Waals surface area contributed by atoms with Crippen LogP contribution in [0.4, 0.5) is 24.5 Å². The molecule has 0 amide bonds. The van der Waals surface area contributed by atoms with E-state index >= 15 is 0 Å². The molecule has 1 rings (SSSR count). The lowest BCUT2D eigenvalue weighted by Crippen LogP contribution is -2.10. The third kappa shape index (κ3) is 6.57. The van der Waals surface area contributed by atoms with Gasteiger partial charge in [0.1, 0.15) is 0 Å². The van der Waals surface area contributed by atoms with Crippen LogP contribution in [0.15, 0.2) is 12.1 Å². The minimum Gasteiger partial charge on any atom is -0.432 e. The Kier molecular flexibility index (Phi) is 7.74. The first-order valence-electron chi connectivity index (χ1n) is 6.90. The molecule has 0 spiro atoms. The molecule has 0 fully saturated rings. The predicted octanol–water partition coefficient (Wildman–Crippen LogP) is 3.63. The van der Waals surface area contributed by atoms with E-state index in [0.29, 0.717) is 18.8 Å². The summed E-state index contributed by atoms with van der Waals surface area (Å²) in [6.45, 7) is 0.857. The first-order chi connectivity index (χ1) is 10.0. The molecule has 0 aliphatic carbocycles.